The summed E-state index contributed by atoms with van der Waals surface area (Å²) in [5.41, 5.74) is 0.547. The molecule has 0 aliphatic rings. The summed E-state index contributed by atoms with van der Waals surface area (Å²) in [6.07, 6.45) is 0.388. The number of aryl methyl sites for hydroxylation is 1. The summed E-state index contributed by atoms with van der Waals surface area (Å²) in [6, 6.07) is 10.2. The van der Waals surface area contributed by atoms with Gasteiger partial charge in [-0.15, -0.1) is 11.3 Å². The monoisotopic (exact) mass is 341 g/mol. The van der Waals surface area contributed by atoms with Gasteiger partial charge in [-0.2, -0.15) is 0 Å². The molecule has 0 aliphatic carbocycles. The van der Waals surface area contributed by atoms with E-state index in [1.54, 1.807) is 31.4 Å². The number of ether oxygens (including phenoxy) is 1. The lowest BCUT2D eigenvalue weighted by molar-refractivity contribution is -0.121. The Morgan fingerprint density at radius 2 is 2.14 bits per heavy atom. The summed E-state index contributed by atoms with van der Waals surface area (Å²) in [5.74, 6) is -0.411. The van der Waals surface area contributed by atoms with Crippen molar-refractivity contribution in [3.63, 3.8) is 0 Å². The molecule has 1 atom stereocenters. The number of thiophene rings is 1. The third-order valence-electron chi connectivity index (χ3n) is 3.26. The Morgan fingerprint density at radius 1 is 1.36 bits per heavy atom. The first-order chi connectivity index (χ1) is 10.6. The van der Waals surface area contributed by atoms with Crippen LogP contribution >= 0.6 is 22.9 Å². The molecular weight excluding hydrogens is 325 g/mol. The van der Waals surface area contributed by atoms with Crippen molar-refractivity contribution >= 4 is 28.8 Å². The zero-order chi connectivity index (χ0) is 15.9. The van der Waals surface area contributed by atoms with E-state index in [-0.39, 0.29) is 24.2 Å². The largest absolute Gasteiger partial charge is 0.374 e. The minimum Gasteiger partial charge on any atom is -0.374 e. The maximum absolute atomic E-state index is 13.5. The molecule has 0 aliphatic heterocycles. The molecule has 2 rings (SSSR count). The Hall–Kier alpha value is -1.43. The van der Waals surface area contributed by atoms with Gasteiger partial charge in [-0.1, -0.05) is 29.8 Å². The molecule has 118 valence electrons. The average Bonchev–Trinajstić information content (AvgIpc) is 2.93. The summed E-state index contributed by atoms with van der Waals surface area (Å²) in [5, 5.41) is 2.81. The van der Waals surface area contributed by atoms with Crippen LogP contribution in [0.5, 0.6) is 0 Å². The second kappa shape index (κ2) is 8.27. The predicted octanol–water partition coefficient (Wildman–Crippen LogP) is 3.98. The van der Waals surface area contributed by atoms with Gasteiger partial charge in [-0.25, -0.2) is 4.39 Å². The van der Waals surface area contributed by atoms with Gasteiger partial charge in [0, 0.05) is 25.0 Å². The third-order valence-corrected chi connectivity index (χ3v) is 4.58. The summed E-state index contributed by atoms with van der Waals surface area (Å²) in [7, 11) is 1.59. The Balaban J connectivity index is 1.81. The van der Waals surface area contributed by atoms with E-state index in [2.05, 4.69) is 5.32 Å². The molecule has 1 unspecified atom stereocenters. The number of benzene rings is 1. The fourth-order valence-electron chi connectivity index (χ4n) is 2.05. The van der Waals surface area contributed by atoms with Gasteiger partial charge in [0.15, 0.2) is 0 Å². The van der Waals surface area contributed by atoms with Gasteiger partial charge in [-0.3, -0.25) is 4.79 Å². The van der Waals surface area contributed by atoms with Crippen LogP contribution in [0.4, 0.5) is 4.39 Å². The van der Waals surface area contributed by atoms with Gasteiger partial charge < -0.3 is 10.1 Å². The quantitative estimate of drug-likeness (QED) is 0.827. The lowest BCUT2D eigenvalue weighted by Crippen LogP contribution is -2.29. The van der Waals surface area contributed by atoms with E-state index in [0.29, 0.717) is 22.9 Å². The number of amides is 1. The van der Waals surface area contributed by atoms with Crippen molar-refractivity contribution in [1.29, 1.82) is 0 Å². The van der Waals surface area contributed by atoms with E-state index in [1.165, 1.54) is 17.4 Å². The van der Waals surface area contributed by atoms with Crippen LogP contribution in [0.3, 0.4) is 0 Å². The van der Waals surface area contributed by atoms with Crippen molar-refractivity contribution in [2.45, 2.75) is 18.9 Å². The van der Waals surface area contributed by atoms with Crippen molar-refractivity contribution in [2.24, 2.45) is 0 Å². The van der Waals surface area contributed by atoms with Crippen LogP contribution in [0.15, 0.2) is 36.4 Å². The molecule has 2 aromatic rings. The minimum atomic E-state index is -0.279. The number of carbonyl (C=O) groups is 1. The highest BCUT2D eigenvalue weighted by Crippen LogP contribution is 2.28. The van der Waals surface area contributed by atoms with Crippen LogP contribution in [0, 0.1) is 5.82 Å². The lowest BCUT2D eigenvalue weighted by Gasteiger charge is -2.14. The first kappa shape index (κ1) is 16.9. The first-order valence-electron chi connectivity index (χ1n) is 6.88. The molecule has 0 saturated carbocycles. The maximum Gasteiger partial charge on any atom is 0.220 e. The van der Waals surface area contributed by atoms with Crippen molar-refractivity contribution in [3.8, 4) is 0 Å². The number of hydrogen-bond acceptors (Lipinski definition) is 3. The molecule has 0 fully saturated rings. The molecule has 22 heavy (non-hydrogen) atoms. The lowest BCUT2D eigenvalue weighted by atomic mass is 10.1. The van der Waals surface area contributed by atoms with Gasteiger partial charge in [0.25, 0.3) is 0 Å². The van der Waals surface area contributed by atoms with E-state index in [1.807, 2.05) is 6.07 Å². The number of methoxy groups -OCH3 is 1. The van der Waals surface area contributed by atoms with Crippen LogP contribution in [0.25, 0.3) is 0 Å². The molecule has 6 heteroatoms. The van der Waals surface area contributed by atoms with Crippen molar-refractivity contribution in [2.75, 3.05) is 13.7 Å². The minimum absolute atomic E-state index is 0.132. The summed E-state index contributed by atoms with van der Waals surface area (Å²) >= 11 is 7.32. The highest BCUT2D eigenvalue weighted by Gasteiger charge is 2.14. The van der Waals surface area contributed by atoms with Gasteiger partial charge in [-0.05, 0) is 30.2 Å². The second-order valence-corrected chi connectivity index (χ2v) is 6.51. The molecule has 0 saturated heterocycles. The highest BCUT2D eigenvalue weighted by atomic mass is 35.5. The topological polar surface area (TPSA) is 38.3 Å². The van der Waals surface area contributed by atoms with Crippen LogP contribution in [-0.2, 0) is 16.0 Å². The first-order valence-corrected chi connectivity index (χ1v) is 8.07. The van der Waals surface area contributed by atoms with E-state index in [4.69, 9.17) is 16.3 Å². The zero-order valence-corrected chi connectivity index (χ0v) is 13.7. The Labute approximate surface area is 138 Å². The standard InChI is InChI=1S/C16H17ClFNO2S/c1-21-13(14-7-8-15(17)22-14)10-19-16(20)9-6-11-4-2-3-5-12(11)18/h2-5,7-8,13H,6,9-10H2,1H3,(H,19,20). The van der Waals surface area contributed by atoms with Gasteiger partial charge in [0.05, 0.1) is 4.34 Å². The fourth-order valence-corrected chi connectivity index (χ4v) is 3.18. The van der Waals surface area contributed by atoms with Crippen LogP contribution in [0.1, 0.15) is 23.0 Å². The van der Waals surface area contributed by atoms with E-state index in [0.717, 1.165) is 4.88 Å². The molecule has 0 radical (unpaired) electrons. The Kier molecular flexibility index (Phi) is 6.36. The molecule has 1 amide bonds. The number of halogens is 2. The van der Waals surface area contributed by atoms with E-state index in [9.17, 15) is 9.18 Å². The molecular formula is C16H17ClFNO2S. The number of carbonyl (C=O) groups excluding carboxylic acids is 1. The molecule has 3 nitrogen and oxygen atoms in total. The number of nitrogens with one attached hydrogen (secondary N) is 1. The second-order valence-electron chi connectivity index (χ2n) is 4.76. The van der Waals surface area contributed by atoms with E-state index < -0.39 is 0 Å². The van der Waals surface area contributed by atoms with Crippen LogP contribution in [-0.4, -0.2) is 19.6 Å². The Bertz CT molecular complexity index is 632. The fraction of sp³-hybridized carbons (Fsp3) is 0.312. The average molecular weight is 342 g/mol. The van der Waals surface area contributed by atoms with Gasteiger partial charge in [0.2, 0.25) is 5.91 Å². The smallest absolute Gasteiger partial charge is 0.220 e. The highest BCUT2D eigenvalue weighted by molar-refractivity contribution is 7.16. The summed E-state index contributed by atoms with van der Waals surface area (Å²) in [6.45, 7) is 0.365. The predicted molar refractivity (Wildman–Crippen MR) is 86.8 cm³/mol. The van der Waals surface area contributed by atoms with Crippen molar-refractivity contribution in [1.82, 2.24) is 5.32 Å². The summed E-state index contributed by atoms with van der Waals surface area (Å²) < 4.78 is 19.5. The van der Waals surface area contributed by atoms with Crippen LogP contribution < -0.4 is 5.32 Å². The normalized spacial score (nSPS) is 12.1. The SMILES string of the molecule is COC(CNC(=O)CCc1ccccc1F)c1ccc(Cl)s1. The molecule has 1 heterocycles. The number of rotatable bonds is 7. The molecule has 0 bridgehead atoms. The summed E-state index contributed by atoms with van der Waals surface area (Å²) in [4.78, 5) is 12.8. The van der Waals surface area contributed by atoms with Gasteiger partial charge >= 0.3 is 0 Å². The zero-order valence-electron chi connectivity index (χ0n) is 12.1. The molecule has 0 spiro atoms. The molecule has 1 aromatic heterocycles. The van der Waals surface area contributed by atoms with E-state index >= 15 is 0 Å². The third kappa shape index (κ3) is 4.80. The van der Waals surface area contributed by atoms with Crippen molar-refractivity contribution in [3.05, 3.63) is 57.0 Å². The Morgan fingerprint density at radius 3 is 2.77 bits per heavy atom. The molecule has 1 aromatic carbocycles. The number of hydrogen-bond donors (Lipinski definition) is 1. The van der Waals surface area contributed by atoms with Crippen LogP contribution in [0.2, 0.25) is 4.34 Å². The maximum atomic E-state index is 13.5. The molecule has 1 N–H and O–H groups in total. The van der Waals surface area contributed by atoms with Crippen molar-refractivity contribution < 1.29 is 13.9 Å². The van der Waals surface area contributed by atoms with Gasteiger partial charge in [0.1, 0.15) is 11.9 Å².